The summed E-state index contributed by atoms with van der Waals surface area (Å²) in [5, 5.41) is 10.2. The first-order valence-corrected chi connectivity index (χ1v) is 12.4. The van der Waals surface area contributed by atoms with Gasteiger partial charge in [0.1, 0.15) is 5.65 Å². The Bertz CT molecular complexity index is 1600. The molecule has 1 unspecified atom stereocenters. The number of esters is 1. The van der Waals surface area contributed by atoms with Gasteiger partial charge >= 0.3 is 5.97 Å². The molecule has 198 valence electrons. The molecule has 4 aromatic rings. The molecule has 0 aliphatic rings. The molecule has 4 rings (SSSR count). The fourth-order valence-electron chi connectivity index (χ4n) is 4.22. The van der Waals surface area contributed by atoms with E-state index in [0.29, 0.717) is 23.4 Å². The van der Waals surface area contributed by atoms with Crippen molar-refractivity contribution < 1.29 is 14.3 Å². The molecule has 0 N–H and O–H groups in total. The predicted molar refractivity (Wildman–Crippen MR) is 151 cm³/mol. The fraction of sp³-hybridized carbons (Fsp3) is 0.233. The van der Waals surface area contributed by atoms with Gasteiger partial charge in [0.2, 0.25) is 5.91 Å². The van der Waals surface area contributed by atoms with E-state index in [2.05, 4.69) is 11.1 Å². The average molecular weight is 523 g/mol. The number of nitriles is 1. The van der Waals surface area contributed by atoms with Gasteiger partial charge in [0.15, 0.2) is 6.23 Å². The fourth-order valence-corrected chi connectivity index (χ4v) is 4.22. The number of benzene rings is 1. The third-order valence-electron chi connectivity index (χ3n) is 6.21. The van der Waals surface area contributed by atoms with Crippen molar-refractivity contribution >= 4 is 28.6 Å². The van der Waals surface area contributed by atoms with E-state index in [0.717, 1.165) is 27.6 Å². The SMILES string of the molecule is CC(=O)OC(C)n1cc(-c2cccc(C#N)c2)c2cc(-c3cncc(N(C)C(=O)C=CCN(C)C)c3)cnc21. The van der Waals surface area contributed by atoms with E-state index in [4.69, 9.17) is 9.72 Å². The average Bonchev–Trinajstić information content (AvgIpc) is 3.31. The highest BCUT2D eigenvalue weighted by atomic mass is 16.6. The molecule has 0 bridgehead atoms. The smallest absolute Gasteiger partial charge is 0.304 e. The highest BCUT2D eigenvalue weighted by Crippen LogP contribution is 2.35. The van der Waals surface area contributed by atoms with Crippen molar-refractivity contribution in [2.75, 3.05) is 32.6 Å². The first-order valence-electron chi connectivity index (χ1n) is 12.4. The predicted octanol–water partition coefficient (Wildman–Crippen LogP) is 4.80. The molecule has 0 saturated carbocycles. The molecule has 0 spiro atoms. The van der Waals surface area contributed by atoms with Crippen molar-refractivity contribution in [2.45, 2.75) is 20.1 Å². The monoisotopic (exact) mass is 522 g/mol. The van der Waals surface area contributed by atoms with Gasteiger partial charge in [-0.25, -0.2) is 4.98 Å². The van der Waals surface area contributed by atoms with Crippen LogP contribution in [-0.4, -0.2) is 59.0 Å². The van der Waals surface area contributed by atoms with Crippen molar-refractivity contribution in [1.82, 2.24) is 19.4 Å². The van der Waals surface area contributed by atoms with Crippen LogP contribution in [0.3, 0.4) is 0 Å². The van der Waals surface area contributed by atoms with Crippen LogP contribution in [0.15, 0.2) is 73.3 Å². The summed E-state index contributed by atoms with van der Waals surface area (Å²) in [7, 11) is 5.59. The maximum Gasteiger partial charge on any atom is 0.304 e. The molecule has 0 fully saturated rings. The third-order valence-corrected chi connectivity index (χ3v) is 6.21. The van der Waals surface area contributed by atoms with E-state index in [9.17, 15) is 14.9 Å². The molecule has 0 aliphatic carbocycles. The lowest BCUT2D eigenvalue weighted by Crippen LogP contribution is -2.24. The largest absolute Gasteiger partial charge is 0.442 e. The topological polar surface area (TPSA) is 104 Å². The Kier molecular flexibility index (Phi) is 8.18. The normalized spacial score (nSPS) is 12.0. The van der Waals surface area contributed by atoms with Crippen LogP contribution in [0.2, 0.25) is 0 Å². The second-order valence-electron chi connectivity index (χ2n) is 9.44. The lowest BCUT2D eigenvalue weighted by molar-refractivity contribution is -0.149. The van der Waals surface area contributed by atoms with Gasteiger partial charge in [0.05, 0.1) is 23.5 Å². The second kappa shape index (κ2) is 11.7. The van der Waals surface area contributed by atoms with Gasteiger partial charge < -0.3 is 14.5 Å². The number of hydrogen-bond donors (Lipinski definition) is 0. The van der Waals surface area contributed by atoms with Crippen molar-refractivity contribution in [3.63, 3.8) is 0 Å². The minimum Gasteiger partial charge on any atom is -0.442 e. The number of nitrogens with zero attached hydrogens (tertiary/aromatic N) is 6. The molecule has 39 heavy (non-hydrogen) atoms. The Hall–Kier alpha value is -4.81. The quantitative estimate of drug-likeness (QED) is 0.242. The minimum absolute atomic E-state index is 0.152. The molecule has 9 nitrogen and oxygen atoms in total. The van der Waals surface area contributed by atoms with Crippen LogP contribution in [0.5, 0.6) is 0 Å². The molecule has 1 atom stereocenters. The van der Waals surface area contributed by atoms with Crippen molar-refractivity contribution in [1.29, 1.82) is 5.26 Å². The van der Waals surface area contributed by atoms with Gasteiger partial charge in [-0.2, -0.15) is 5.26 Å². The number of ether oxygens (including phenoxy) is 1. The summed E-state index contributed by atoms with van der Waals surface area (Å²) >= 11 is 0. The summed E-state index contributed by atoms with van der Waals surface area (Å²) in [5.41, 5.74) is 5.09. The summed E-state index contributed by atoms with van der Waals surface area (Å²) in [6.07, 6.45) is 9.76. The summed E-state index contributed by atoms with van der Waals surface area (Å²) in [4.78, 5) is 36.9. The van der Waals surface area contributed by atoms with Gasteiger partial charge in [0, 0.05) is 67.3 Å². The molecule has 3 aromatic heterocycles. The number of aromatic nitrogens is 3. The summed E-state index contributed by atoms with van der Waals surface area (Å²) in [5.74, 6) is -0.548. The molecular formula is C30H30N6O3. The van der Waals surface area contributed by atoms with E-state index in [-0.39, 0.29) is 5.91 Å². The number of fused-ring (bicyclic) bond motifs is 1. The Morgan fingerprint density at radius 1 is 1.10 bits per heavy atom. The van der Waals surface area contributed by atoms with E-state index in [1.54, 1.807) is 54.2 Å². The van der Waals surface area contributed by atoms with Crippen LogP contribution < -0.4 is 4.90 Å². The zero-order valence-corrected chi connectivity index (χ0v) is 22.6. The summed E-state index contributed by atoms with van der Waals surface area (Å²) in [6.45, 7) is 3.81. The number of amides is 1. The number of carbonyl (C=O) groups is 2. The number of carbonyl (C=O) groups excluding carboxylic acids is 2. The molecule has 1 amide bonds. The zero-order chi connectivity index (χ0) is 28.1. The van der Waals surface area contributed by atoms with Crippen molar-refractivity contribution in [2.24, 2.45) is 0 Å². The van der Waals surface area contributed by atoms with Crippen LogP contribution in [0, 0.1) is 11.3 Å². The number of hydrogen-bond acceptors (Lipinski definition) is 7. The maximum absolute atomic E-state index is 12.7. The Morgan fingerprint density at radius 2 is 1.87 bits per heavy atom. The highest BCUT2D eigenvalue weighted by Gasteiger charge is 2.19. The van der Waals surface area contributed by atoms with Gasteiger partial charge in [-0.05, 0) is 50.8 Å². The second-order valence-corrected chi connectivity index (χ2v) is 9.44. The van der Waals surface area contributed by atoms with Crippen molar-refractivity contribution in [3.05, 3.63) is 78.9 Å². The maximum atomic E-state index is 12.7. The number of pyridine rings is 2. The van der Waals surface area contributed by atoms with Crippen LogP contribution in [-0.2, 0) is 14.3 Å². The van der Waals surface area contributed by atoms with Crippen LogP contribution in [0.4, 0.5) is 5.69 Å². The molecule has 3 heterocycles. The first kappa shape index (κ1) is 27.2. The van der Waals surface area contributed by atoms with E-state index in [1.807, 2.05) is 61.6 Å². The van der Waals surface area contributed by atoms with E-state index < -0.39 is 12.2 Å². The molecule has 0 aliphatic heterocycles. The third kappa shape index (κ3) is 6.20. The first-order chi connectivity index (χ1) is 18.7. The molecule has 0 saturated heterocycles. The molecule has 1 aromatic carbocycles. The Labute approximate surface area is 227 Å². The van der Waals surface area contributed by atoms with E-state index >= 15 is 0 Å². The van der Waals surface area contributed by atoms with Crippen LogP contribution in [0.1, 0.15) is 25.6 Å². The Balaban J connectivity index is 1.77. The molecule has 0 radical (unpaired) electrons. The zero-order valence-electron chi connectivity index (χ0n) is 22.6. The lowest BCUT2D eigenvalue weighted by Gasteiger charge is -2.16. The van der Waals surface area contributed by atoms with Gasteiger partial charge in [-0.15, -0.1) is 0 Å². The molecular weight excluding hydrogens is 492 g/mol. The van der Waals surface area contributed by atoms with E-state index in [1.165, 1.54) is 6.92 Å². The number of rotatable bonds is 8. The highest BCUT2D eigenvalue weighted by molar-refractivity contribution is 6.01. The van der Waals surface area contributed by atoms with Gasteiger partial charge in [-0.1, -0.05) is 18.2 Å². The Morgan fingerprint density at radius 3 is 2.59 bits per heavy atom. The standard InChI is InChI=1S/C30H30N6O3/c1-20(39-21(2)37)36-19-28(23-9-6-8-22(12-23)15-31)27-14-25(17-33-30(27)36)24-13-26(18-32-16-24)35(5)29(38)10-7-11-34(3)4/h6-10,12-14,16-20H,11H2,1-5H3. The lowest BCUT2D eigenvalue weighted by atomic mass is 10.0. The summed E-state index contributed by atoms with van der Waals surface area (Å²) < 4.78 is 7.24. The van der Waals surface area contributed by atoms with Crippen LogP contribution >= 0.6 is 0 Å². The molecule has 9 heteroatoms. The van der Waals surface area contributed by atoms with Crippen LogP contribution in [0.25, 0.3) is 33.3 Å². The van der Waals surface area contributed by atoms with Gasteiger partial charge in [0.25, 0.3) is 0 Å². The minimum atomic E-state index is -0.582. The van der Waals surface area contributed by atoms with Crippen molar-refractivity contribution in [3.8, 4) is 28.3 Å². The van der Waals surface area contributed by atoms with Gasteiger partial charge in [-0.3, -0.25) is 19.1 Å². The number of anilines is 1. The number of likely N-dealkylation sites (N-methyl/N-ethyl adjacent to an activating group) is 2. The summed E-state index contributed by atoms with van der Waals surface area (Å²) in [6, 6.07) is 13.4.